The lowest BCUT2D eigenvalue weighted by Gasteiger charge is -2.13. The Hall–Kier alpha value is -1.98. The number of hydrogen-bond donors (Lipinski definition) is 1. The van der Waals surface area contributed by atoms with Crippen LogP contribution in [0.1, 0.15) is 17.2 Å². The molecule has 0 unspecified atom stereocenters. The van der Waals surface area contributed by atoms with E-state index in [2.05, 4.69) is 39.4 Å². The predicted molar refractivity (Wildman–Crippen MR) is 86.0 cm³/mol. The van der Waals surface area contributed by atoms with Gasteiger partial charge in [-0.05, 0) is 14.0 Å². The summed E-state index contributed by atoms with van der Waals surface area (Å²) in [5.74, 6) is 0.957. The lowest BCUT2D eigenvalue weighted by molar-refractivity contribution is 0.312. The Balaban J connectivity index is 1.64. The van der Waals surface area contributed by atoms with Crippen molar-refractivity contribution in [2.75, 3.05) is 7.05 Å². The molecule has 0 aliphatic carbocycles. The monoisotopic (exact) mass is 298 g/mol. The number of thiazole rings is 1. The van der Waals surface area contributed by atoms with Gasteiger partial charge >= 0.3 is 0 Å². The summed E-state index contributed by atoms with van der Waals surface area (Å²) in [4.78, 5) is 14.4. The van der Waals surface area contributed by atoms with Crippen molar-refractivity contribution in [2.45, 2.75) is 20.0 Å². The number of aromatic nitrogens is 3. The Morgan fingerprint density at radius 2 is 2.00 bits per heavy atom. The normalized spacial score (nSPS) is 11.2. The van der Waals surface area contributed by atoms with Crippen molar-refractivity contribution in [1.29, 1.82) is 0 Å². The number of rotatable bonds is 5. The lowest BCUT2D eigenvalue weighted by Crippen LogP contribution is -2.17. The number of imidazole rings is 1. The molecular weight excluding hydrogens is 280 g/mol. The number of nitrogens with zero attached hydrogens (tertiary/aromatic N) is 3. The van der Waals surface area contributed by atoms with Gasteiger partial charge in [-0.1, -0.05) is 30.3 Å². The van der Waals surface area contributed by atoms with Gasteiger partial charge < -0.3 is 4.98 Å². The van der Waals surface area contributed by atoms with Crippen molar-refractivity contribution >= 4 is 11.3 Å². The van der Waals surface area contributed by atoms with Gasteiger partial charge in [-0.15, -0.1) is 11.3 Å². The van der Waals surface area contributed by atoms with Crippen LogP contribution in [-0.4, -0.2) is 26.9 Å². The highest BCUT2D eigenvalue weighted by Gasteiger charge is 2.08. The average Bonchev–Trinajstić information content (AvgIpc) is 3.09. The minimum Gasteiger partial charge on any atom is -0.345 e. The number of aromatic amines is 1. The Bertz CT molecular complexity index is 702. The van der Waals surface area contributed by atoms with Crippen LogP contribution in [0.25, 0.3) is 10.6 Å². The van der Waals surface area contributed by atoms with Gasteiger partial charge in [0.15, 0.2) is 0 Å². The largest absolute Gasteiger partial charge is 0.345 e. The van der Waals surface area contributed by atoms with E-state index in [1.807, 2.05) is 31.3 Å². The fraction of sp³-hybridized carbons (Fsp3) is 0.250. The smallest absolute Gasteiger partial charge is 0.123 e. The first kappa shape index (κ1) is 14.0. The molecule has 2 aromatic heterocycles. The van der Waals surface area contributed by atoms with E-state index < -0.39 is 0 Å². The summed E-state index contributed by atoms with van der Waals surface area (Å²) < 4.78 is 0. The predicted octanol–water partition coefficient (Wildman–Crippen LogP) is 3.47. The van der Waals surface area contributed by atoms with E-state index in [1.165, 1.54) is 5.56 Å². The minimum absolute atomic E-state index is 0.835. The summed E-state index contributed by atoms with van der Waals surface area (Å²) in [6, 6.07) is 10.3. The van der Waals surface area contributed by atoms with E-state index in [4.69, 9.17) is 4.98 Å². The molecule has 3 rings (SSSR count). The second-order valence-electron chi connectivity index (χ2n) is 5.18. The third kappa shape index (κ3) is 3.56. The van der Waals surface area contributed by atoms with Crippen LogP contribution in [0.2, 0.25) is 0 Å². The van der Waals surface area contributed by atoms with E-state index in [9.17, 15) is 0 Å². The molecule has 0 bridgehead atoms. The Labute approximate surface area is 128 Å². The highest BCUT2D eigenvalue weighted by atomic mass is 32.1. The highest BCUT2D eigenvalue weighted by Crippen LogP contribution is 2.23. The molecule has 0 atom stereocenters. The molecule has 1 aromatic carbocycles. The molecule has 108 valence electrons. The van der Waals surface area contributed by atoms with Gasteiger partial charge in [-0.2, -0.15) is 0 Å². The zero-order chi connectivity index (χ0) is 14.7. The number of benzene rings is 1. The maximum Gasteiger partial charge on any atom is 0.123 e. The fourth-order valence-corrected chi connectivity index (χ4v) is 3.09. The first-order valence-electron chi connectivity index (χ1n) is 6.89. The van der Waals surface area contributed by atoms with Crippen LogP contribution >= 0.6 is 11.3 Å². The van der Waals surface area contributed by atoms with E-state index in [0.29, 0.717) is 0 Å². The van der Waals surface area contributed by atoms with Crippen LogP contribution in [0, 0.1) is 6.92 Å². The standard InChI is InChI=1S/C16H18N4S/c1-12-17-8-14(18-12)9-20(2)10-15-11-21-16(19-15)13-6-4-3-5-7-13/h3-8,11H,9-10H2,1-2H3,(H,17,18). The van der Waals surface area contributed by atoms with Crippen LogP contribution in [0.15, 0.2) is 41.9 Å². The van der Waals surface area contributed by atoms with Crippen molar-refractivity contribution in [1.82, 2.24) is 19.9 Å². The number of aryl methyl sites for hydroxylation is 1. The topological polar surface area (TPSA) is 44.8 Å². The van der Waals surface area contributed by atoms with Crippen molar-refractivity contribution in [3.05, 3.63) is 59.1 Å². The van der Waals surface area contributed by atoms with Crippen LogP contribution in [-0.2, 0) is 13.1 Å². The van der Waals surface area contributed by atoms with Gasteiger partial charge in [0, 0.05) is 35.9 Å². The molecule has 0 aliphatic rings. The molecule has 0 fully saturated rings. The zero-order valence-corrected chi connectivity index (χ0v) is 13.0. The molecule has 0 saturated heterocycles. The summed E-state index contributed by atoms with van der Waals surface area (Å²) >= 11 is 1.70. The molecule has 1 N–H and O–H groups in total. The van der Waals surface area contributed by atoms with Gasteiger partial charge in [0.1, 0.15) is 10.8 Å². The van der Waals surface area contributed by atoms with Gasteiger partial charge in [0.25, 0.3) is 0 Å². The molecule has 3 aromatic rings. The molecule has 0 amide bonds. The van der Waals surface area contributed by atoms with Crippen LogP contribution in [0.3, 0.4) is 0 Å². The molecule has 0 radical (unpaired) electrons. The SMILES string of the molecule is Cc1ncc(CN(C)Cc2csc(-c3ccccc3)n2)[nH]1. The number of hydrogen-bond acceptors (Lipinski definition) is 4. The van der Waals surface area contributed by atoms with Crippen LogP contribution in [0.5, 0.6) is 0 Å². The summed E-state index contributed by atoms with van der Waals surface area (Å²) in [5, 5.41) is 3.22. The molecule has 5 heteroatoms. The van der Waals surface area contributed by atoms with E-state index >= 15 is 0 Å². The zero-order valence-electron chi connectivity index (χ0n) is 12.2. The summed E-state index contributed by atoms with van der Waals surface area (Å²) in [6.07, 6.45) is 1.89. The summed E-state index contributed by atoms with van der Waals surface area (Å²) in [7, 11) is 2.09. The van der Waals surface area contributed by atoms with E-state index in [0.717, 1.165) is 35.3 Å². The van der Waals surface area contributed by atoms with Crippen LogP contribution < -0.4 is 0 Å². The van der Waals surface area contributed by atoms with Gasteiger partial charge in [0.2, 0.25) is 0 Å². The second-order valence-corrected chi connectivity index (χ2v) is 6.03. The van der Waals surface area contributed by atoms with Gasteiger partial charge in [-0.25, -0.2) is 9.97 Å². The first-order chi connectivity index (χ1) is 10.2. The maximum atomic E-state index is 4.72. The highest BCUT2D eigenvalue weighted by molar-refractivity contribution is 7.13. The average molecular weight is 298 g/mol. The summed E-state index contributed by atoms with van der Waals surface area (Å²) in [6.45, 7) is 3.65. The summed E-state index contributed by atoms with van der Waals surface area (Å²) in [5.41, 5.74) is 3.42. The first-order valence-corrected chi connectivity index (χ1v) is 7.77. The van der Waals surface area contributed by atoms with Crippen molar-refractivity contribution in [2.24, 2.45) is 0 Å². The third-order valence-electron chi connectivity index (χ3n) is 3.20. The van der Waals surface area contributed by atoms with Crippen LogP contribution in [0.4, 0.5) is 0 Å². The van der Waals surface area contributed by atoms with Crippen molar-refractivity contribution in [3.8, 4) is 10.6 Å². The Kier molecular flexibility index (Phi) is 4.13. The maximum absolute atomic E-state index is 4.72. The fourth-order valence-electron chi connectivity index (χ4n) is 2.27. The Morgan fingerprint density at radius 1 is 1.19 bits per heavy atom. The van der Waals surface area contributed by atoms with E-state index in [-0.39, 0.29) is 0 Å². The van der Waals surface area contributed by atoms with Gasteiger partial charge in [-0.3, -0.25) is 4.90 Å². The quantitative estimate of drug-likeness (QED) is 0.784. The van der Waals surface area contributed by atoms with Crippen molar-refractivity contribution in [3.63, 3.8) is 0 Å². The minimum atomic E-state index is 0.835. The molecule has 4 nitrogen and oxygen atoms in total. The Morgan fingerprint density at radius 3 is 2.71 bits per heavy atom. The van der Waals surface area contributed by atoms with E-state index in [1.54, 1.807) is 11.3 Å². The second kappa shape index (κ2) is 6.20. The molecule has 0 aliphatic heterocycles. The molecule has 21 heavy (non-hydrogen) atoms. The molecule has 0 spiro atoms. The molecule has 2 heterocycles. The molecular formula is C16H18N4S. The third-order valence-corrected chi connectivity index (χ3v) is 4.14. The van der Waals surface area contributed by atoms with Gasteiger partial charge in [0.05, 0.1) is 5.69 Å². The lowest BCUT2D eigenvalue weighted by atomic mass is 10.2. The number of nitrogens with one attached hydrogen (secondary N) is 1. The number of H-pyrrole nitrogens is 1. The van der Waals surface area contributed by atoms with Crippen molar-refractivity contribution < 1.29 is 0 Å². The molecule has 0 saturated carbocycles.